The Labute approximate surface area is 147 Å². The molecule has 0 aromatic heterocycles. The second-order valence-electron chi connectivity index (χ2n) is 5.86. The lowest BCUT2D eigenvalue weighted by molar-refractivity contribution is -0.204. The molecule has 1 aliphatic heterocycles. The first kappa shape index (κ1) is 17.7. The van der Waals surface area contributed by atoms with E-state index >= 15 is 0 Å². The van der Waals surface area contributed by atoms with Crippen molar-refractivity contribution in [2.75, 3.05) is 12.4 Å². The average molecular weight is 405 g/mol. The maximum atomic E-state index is 10.2. The molecular weight excluding hydrogens is 383 g/mol. The van der Waals surface area contributed by atoms with Crippen LogP contribution in [-0.4, -0.2) is 27.8 Å². The van der Waals surface area contributed by atoms with E-state index in [0.717, 1.165) is 40.9 Å². The first-order valence-electron chi connectivity index (χ1n) is 7.38. The van der Waals surface area contributed by atoms with Crippen LogP contribution in [0.1, 0.15) is 32.6 Å². The zero-order valence-corrected chi connectivity index (χ0v) is 16.9. The molecule has 21 heavy (non-hydrogen) atoms. The van der Waals surface area contributed by atoms with Crippen molar-refractivity contribution >= 4 is 60.3 Å². The highest BCUT2D eigenvalue weighted by molar-refractivity contribution is 9.11. The third kappa shape index (κ3) is 4.31. The third-order valence-corrected chi connectivity index (χ3v) is 13.7. The van der Waals surface area contributed by atoms with E-state index in [-0.39, 0.29) is 0 Å². The predicted octanol–water partition coefficient (Wildman–Crippen LogP) is 5.12. The van der Waals surface area contributed by atoms with Crippen LogP contribution in [0.5, 0.6) is 0 Å². The number of rotatable bonds is 8. The maximum absolute atomic E-state index is 10.2. The highest BCUT2D eigenvalue weighted by atomic mass is 33.5. The first-order valence-corrected chi connectivity index (χ1v) is 15.3. The summed E-state index contributed by atoms with van der Waals surface area (Å²) in [7, 11) is 6.12. The second-order valence-corrected chi connectivity index (χ2v) is 16.4. The van der Waals surface area contributed by atoms with Crippen molar-refractivity contribution in [1.29, 1.82) is 0 Å². The van der Waals surface area contributed by atoms with Crippen LogP contribution in [-0.2, 0) is 21.4 Å². The molecule has 3 nitrogen and oxygen atoms in total. The molecular formula is C12H21O3PS5. The summed E-state index contributed by atoms with van der Waals surface area (Å²) in [6, 6.07) is 0. The molecule has 6 atom stereocenters. The second kappa shape index (κ2) is 7.87. The summed E-state index contributed by atoms with van der Waals surface area (Å²) in [4.78, 5) is 15.2. The van der Waals surface area contributed by atoms with E-state index in [0.29, 0.717) is 12.5 Å². The fourth-order valence-corrected chi connectivity index (χ4v) is 13.4. The lowest BCUT2D eigenvalue weighted by atomic mass is 9.89. The number of unbranched alkanes of at least 4 members (excludes halogenated alkanes) is 1. The summed E-state index contributed by atoms with van der Waals surface area (Å²) in [5.41, 5.74) is -2.82. The number of hydrogen-bond donors (Lipinski definition) is 1. The van der Waals surface area contributed by atoms with Crippen molar-refractivity contribution in [3.63, 3.8) is 0 Å². The molecule has 3 fully saturated rings. The van der Waals surface area contributed by atoms with Gasteiger partial charge < -0.3 is 4.89 Å². The van der Waals surface area contributed by atoms with E-state index < -0.39 is 5.69 Å². The SMILES string of the molecule is CCCCOOP(O)(=S)SCC1CC2CC1C1SSSC21. The zero-order chi connectivity index (χ0) is 14.9. The van der Waals surface area contributed by atoms with E-state index in [9.17, 15) is 4.89 Å². The minimum atomic E-state index is -2.82. The van der Waals surface area contributed by atoms with E-state index in [4.69, 9.17) is 21.4 Å². The minimum absolute atomic E-state index is 0.513. The Hall–Kier alpha value is 1.93. The molecule has 0 radical (unpaired) electrons. The van der Waals surface area contributed by atoms with E-state index in [1.165, 1.54) is 24.2 Å². The van der Waals surface area contributed by atoms with Crippen LogP contribution in [0.2, 0.25) is 0 Å². The monoisotopic (exact) mass is 404 g/mol. The van der Waals surface area contributed by atoms with Crippen molar-refractivity contribution in [3.8, 4) is 0 Å². The fraction of sp³-hybridized carbons (Fsp3) is 1.00. The molecule has 0 amide bonds. The predicted molar refractivity (Wildman–Crippen MR) is 101 cm³/mol. The summed E-state index contributed by atoms with van der Waals surface area (Å²) >= 11 is 6.60. The lowest BCUT2D eigenvalue weighted by Gasteiger charge is -2.29. The molecule has 122 valence electrons. The molecule has 1 saturated heterocycles. The van der Waals surface area contributed by atoms with Crippen molar-refractivity contribution in [1.82, 2.24) is 0 Å². The molecule has 2 bridgehead atoms. The highest BCUT2D eigenvalue weighted by Gasteiger charge is 2.55. The summed E-state index contributed by atoms with van der Waals surface area (Å²) in [6.45, 7) is 2.60. The Morgan fingerprint density at radius 1 is 1.33 bits per heavy atom. The third-order valence-electron chi connectivity index (χ3n) is 4.48. The zero-order valence-electron chi connectivity index (χ0n) is 11.9. The molecule has 3 rings (SSSR count). The molecule has 2 saturated carbocycles. The van der Waals surface area contributed by atoms with Gasteiger partial charge in [0, 0.05) is 16.3 Å². The van der Waals surface area contributed by atoms with Crippen LogP contribution in [0.4, 0.5) is 0 Å². The smallest absolute Gasteiger partial charge is 0.275 e. The average Bonchev–Trinajstić information content (AvgIpc) is 3.13. The summed E-state index contributed by atoms with van der Waals surface area (Å²) in [5.74, 6) is 3.32. The summed E-state index contributed by atoms with van der Waals surface area (Å²) in [6.07, 6.45) is 4.66. The lowest BCUT2D eigenvalue weighted by Crippen LogP contribution is -2.30. The molecule has 2 aliphatic carbocycles. The Bertz CT molecular complexity index is 412. The largest absolute Gasteiger partial charge is 0.336 e. The molecule has 6 unspecified atom stereocenters. The van der Waals surface area contributed by atoms with Crippen LogP contribution in [0.25, 0.3) is 0 Å². The standard InChI is InChI=1S/C12H21O3PS5/c1-2-3-4-14-15-16(13,17)18-7-9-5-8-6-10(9)12-11(8)19-21-20-12/h8-12H,2-7H2,1H3,(H,13,17). The summed E-state index contributed by atoms with van der Waals surface area (Å²) < 4.78 is 5.09. The van der Waals surface area contributed by atoms with Gasteiger partial charge in [0.2, 0.25) is 0 Å². The van der Waals surface area contributed by atoms with Gasteiger partial charge in [-0.1, -0.05) is 46.3 Å². The topological polar surface area (TPSA) is 38.7 Å². The Kier molecular flexibility index (Phi) is 6.65. The van der Waals surface area contributed by atoms with Crippen LogP contribution in [0.15, 0.2) is 0 Å². The molecule has 1 N–H and O–H groups in total. The normalized spacial score (nSPS) is 40.4. The van der Waals surface area contributed by atoms with Gasteiger partial charge in [0.15, 0.2) is 0 Å². The van der Waals surface area contributed by atoms with Crippen molar-refractivity contribution in [2.45, 2.75) is 43.1 Å². The van der Waals surface area contributed by atoms with Gasteiger partial charge in [-0.25, -0.2) is 4.89 Å². The van der Waals surface area contributed by atoms with Gasteiger partial charge in [0.1, 0.15) is 0 Å². The quantitative estimate of drug-likeness (QED) is 0.196. The van der Waals surface area contributed by atoms with Crippen molar-refractivity contribution < 1.29 is 14.5 Å². The Morgan fingerprint density at radius 2 is 2.14 bits per heavy atom. The Morgan fingerprint density at radius 3 is 2.95 bits per heavy atom. The fourth-order valence-electron chi connectivity index (χ4n) is 3.47. The van der Waals surface area contributed by atoms with E-state index in [1.807, 2.05) is 9.83 Å². The first-order chi connectivity index (χ1) is 10.1. The van der Waals surface area contributed by atoms with Gasteiger partial charge >= 0.3 is 0 Å². The van der Waals surface area contributed by atoms with E-state index in [2.05, 4.69) is 28.5 Å². The minimum Gasteiger partial charge on any atom is -0.336 e. The van der Waals surface area contributed by atoms with Gasteiger partial charge in [-0.05, 0) is 58.6 Å². The van der Waals surface area contributed by atoms with Gasteiger partial charge in [-0.2, -0.15) is 4.67 Å². The molecule has 0 aromatic rings. The number of fused-ring (bicyclic) bond motifs is 5. The van der Waals surface area contributed by atoms with Crippen LogP contribution in [0, 0.1) is 17.8 Å². The van der Waals surface area contributed by atoms with Gasteiger partial charge in [-0.15, -0.1) is 0 Å². The highest BCUT2D eigenvalue weighted by Crippen LogP contribution is 2.68. The summed E-state index contributed by atoms with van der Waals surface area (Å²) in [5, 5.41) is 1.69. The van der Waals surface area contributed by atoms with Crippen LogP contribution < -0.4 is 0 Å². The van der Waals surface area contributed by atoms with Crippen LogP contribution in [0.3, 0.4) is 0 Å². The molecule has 1 heterocycles. The van der Waals surface area contributed by atoms with Crippen molar-refractivity contribution in [3.05, 3.63) is 0 Å². The molecule has 3 aliphatic rings. The Balaban J connectivity index is 1.42. The van der Waals surface area contributed by atoms with Gasteiger partial charge in [0.05, 0.1) is 6.61 Å². The van der Waals surface area contributed by atoms with E-state index in [1.54, 1.807) is 0 Å². The molecule has 0 spiro atoms. The molecule has 9 heteroatoms. The number of hydrogen-bond acceptors (Lipinski definition) is 7. The van der Waals surface area contributed by atoms with Crippen molar-refractivity contribution in [2.24, 2.45) is 17.8 Å². The van der Waals surface area contributed by atoms with Gasteiger partial charge in [-0.3, -0.25) is 0 Å². The van der Waals surface area contributed by atoms with Gasteiger partial charge in [0.25, 0.3) is 5.69 Å². The van der Waals surface area contributed by atoms with Crippen LogP contribution >= 0.6 is 48.5 Å². The maximum Gasteiger partial charge on any atom is 0.275 e. The molecule has 0 aromatic carbocycles.